The van der Waals surface area contributed by atoms with Crippen LogP contribution in [0.5, 0.6) is 0 Å². The SMILES string of the molecule is C#C/C=C\C1=C(C)N(CC)C=CC1CC. The highest BCUT2D eigenvalue weighted by molar-refractivity contribution is 5.35. The maximum atomic E-state index is 5.25. The van der Waals surface area contributed by atoms with Gasteiger partial charge in [-0.3, -0.25) is 0 Å². The minimum atomic E-state index is 0.511. The van der Waals surface area contributed by atoms with Crippen LogP contribution in [0.25, 0.3) is 0 Å². The quantitative estimate of drug-likeness (QED) is 0.633. The molecule has 0 saturated heterocycles. The normalized spacial score (nSPS) is 21.2. The van der Waals surface area contributed by atoms with Gasteiger partial charge in [-0.15, -0.1) is 6.42 Å². The molecule has 0 N–H and O–H groups in total. The third-order valence-corrected chi connectivity index (χ3v) is 2.89. The molecule has 0 amide bonds. The molecule has 0 fully saturated rings. The number of hydrogen-bond donors (Lipinski definition) is 0. The molecule has 1 heterocycles. The van der Waals surface area contributed by atoms with Crippen molar-refractivity contribution in [3.8, 4) is 12.3 Å². The van der Waals surface area contributed by atoms with Crippen LogP contribution in [0.3, 0.4) is 0 Å². The van der Waals surface area contributed by atoms with Crippen molar-refractivity contribution in [1.82, 2.24) is 4.90 Å². The van der Waals surface area contributed by atoms with Gasteiger partial charge in [-0.2, -0.15) is 0 Å². The lowest BCUT2D eigenvalue weighted by Crippen LogP contribution is -2.21. The van der Waals surface area contributed by atoms with E-state index in [0.29, 0.717) is 5.92 Å². The van der Waals surface area contributed by atoms with Crippen molar-refractivity contribution < 1.29 is 0 Å². The zero-order valence-corrected chi connectivity index (χ0v) is 9.83. The Kier molecular flexibility index (Phi) is 4.24. The highest BCUT2D eigenvalue weighted by atomic mass is 15.1. The van der Waals surface area contributed by atoms with Gasteiger partial charge in [0.25, 0.3) is 0 Å². The maximum Gasteiger partial charge on any atom is 0.0193 e. The summed E-state index contributed by atoms with van der Waals surface area (Å²) in [6.45, 7) is 7.52. The Morgan fingerprint density at radius 3 is 2.80 bits per heavy atom. The molecule has 0 aliphatic carbocycles. The van der Waals surface area contributed by atoms with Crippen LogP contribution in [0, 0.1) is 18.3 Å². The fourth-order valence-corrected chi connectivity index (χ4v) is 1.94. The van der Waals surface area contributed by atoms with E-state index in [1.165, 1.54) is 11.3 Å². The van der Waals surface area contributed by atoms with E-state index >= 15 is 0 Å². The molecule has 15 heavy (non-hydrogen) atoms. The number of terminal acetylenes is 1. The van der Waals surface area contributed by atoms with Crippen LogP contribution in [-0.4, -0.2) is 11.4 Å². The maximum absolute atomic E-state index is 5.25. The minimum Gasteiger partial charge on any atom is -0.352 e. The first-order valence-corrected chi connectivity index (χ1v) is 5.53. The predicted molar refractivity (Wildman–Crippen MR) is 66.0 cm³/mol. The second kappa shape index (κ2) is 5.46. The zero-order chi connectivity index (χ0) is 11.3. The molecule has 0 aromatic rings. The van der Waals surface area contributed by atoms with Crippen LogP contribution in [-0.2, 0) is 0 Å². The van der Waals surface area contributed by atoms with Gasteiger partial charge in [-0.25, -0.2) is 0 Å². The van der Waals surface area contributed by atoms with Crippen LogP contribution in [0.4, 0.5) is 0 Å². The van der Waals surface area contributed by atoms with E-state index in [4.69, 9.17) is 6.42 Å². The summed E-state index contributed by atoms with van der Waals surface area (Å²) in [5.41, 5.74) is 2.66. The summed E-state index contributed by atoms with van der Waals surface area (Å²) in [6, 6.07) is 0. The van der Waals surface area contributed by atoms with Crippen LogP contribution in [0.2, 0.25) is 0 Å². The van der Waals surface area contributed by atoms with Gasteiger partial charge in [0.2, 0.25) is 0 Å². The van der Waals surface area contributed by atoms with Crippen molar-refractivity contribution in [2.75, 3.05) is 6.54 Å². The van der Waals surface area contributed by atoms with Crippen molar-refractivity contribution in [2.45, 2.75) is 27.2 Å². The molecule has 1 nitrogen and oxygen atoms in total. The fraction of sp³-hybridized carbons (Fsp3) is 0.429. The first kappa shape index (κ1) is 11.7. The Balaban J connectivity index is 3.01. The number of nitrogens with zero attached hydrogens (tertiary/aromatic N) is 1. The summed E-state index contributed by atoms with van der Waals surface area (Å²) in [4.78, 5) is 2.25. The molecular formula is C14H19N. The summed E-state index contributed by atoms with van der Waals surface area (Å²) in [6.07, 6.45) is 14.7. The Morgan fingerprint density at radius 2 is 2.27 bits per heavy atom. The van der Waals surface area contributed by atoms with E-state index in [1.54, 1.807) is 6.08 Å². The average Bonchev–Trinajstić information content (AvgIpc) is 2.27. The highest BCUT2D eigenvalue weighted by Crippen LogP contribution is 2.28. The number of rotatable bonds is 3. The molecule has 80 valence electrons. The van der Waals surface area contributed by atoms with Crippen molar-refractivity contribution in [3.63, 3.8) is 0 Å². The summed E-state index contributed by atoms with van der Waals surface area (Å²) in [7, 11) is 0. The van der Waals surface area contributed by atoms with Crippen molar-refractivity contribution in [2.24, 2.45) is 5.92 Å². The largest absolute Gasteiger partial charge is 0.352 e. The zero-order valence-electron chi connectivity index (χ0n) is 9.83. The standard InChI is InChI=1S/C14H19N/c1-5-8-9-14-12(4)15(7-3)11-10-13(14)6-2/h1,8-11,13H,6-7H2,2-4H3/b9-8-. The van der Waals surface area contributed by atoms with Gasteiger partial charge in [-0.1, -0.05) is 18.9 Å². The van der Waals surface area contributed by atoms with E-state index in [2.05, 4.69) is 49.9 Å². The van der Waals surface area contributed by atoms with Crippen LogP contribution < -0.4 is 0 Å². The molecule has 0 saturated carbocycles. The van der Waals surface area contributed by atoms with Gasteiger partial charge in [0.05, 0.1) is 0 Å². The van der Waals surface area contributed by atoms with Gasteiger partial charge in [0.1, 0.15) is 0 Å². The Hall–Kier alpha value is -1.42. The molecule has 1 aliphatic heterocycles. The monoisotopic (exact) mass is 201 g/mol. The van der Waals surface area contributed by atoms with Gasteiger partial charge >= 0.3 is 0 Å². The first-order chi connectivity index (χ1) is 7.24. The van der Waals surface area contributed by atoms with Crippen molar-refractivity contribution in [3.05, 3.63) is 35.7 Å². The van der Waals surface area contributed by atoms with Crippen LogP contribution in [0.1, 0.15) is 27.2 Å². The minimum absolute atomic E-state index is 0.511. The molecule has 0 radical (unpaired) electrons. The fourth-order valence-electron chi connectivity index (χ4n) is 1.94. The van der Waals surface area contributed by atoms with Gasteiger partial charge in [0.15, 0.2) is 0 Å². The summed E-state index contributed by atoms with van der Waals surface area (Å²) >= 11 is 0. The Morgan fingerprint density at radius 1 is 1.53 bits per heavy atom. The lowest BCUT2D eigenvalue weighted by atomic mass is 9.91. The summed E-state index contributed by atoms with van der Waals surface area (Å²) < 4.78 is 0. The van der Waals surface area contributed by atoms with Crippen molar-refractivity contribution >= 4 is 0 Å². The molecule has 0 bridgehead atoms. The number of allylic oxidation sites excluding steroid dienone is 5. The summed E-state index contributed by atoms with van der Waals surface area (Å²) in [5.74, 6) is 3.07. The van der Waals surface area contributed by atoms with Gasteiger partial charge in [0, 0.05) is 24.4 Å². The second-order valence-corrected chi connectivity index (χ2v) is 3.68. The molecular weight excluding hydrogens is 182 g/mol. The van der Waals surface area contributed by atoms with E-state index in [1.807, 2.05) is 0 Å². The molecule has 1 aliphatic rings. The molecule has 1 rings (SSSR count). The van der Waals surface area contributed by atoms with E-state index in [-0.39, 0.29) is 0 Å². The average molecular weight is 201 g/mol. The number of hydrogen-bond acceptors (Lipinski definition) is 1. The van der Waals surface area contributed by atoms with Crippen LogP contribution >= 0.6 is 0 Å². The lowest BCUT2D eigenvalue weighted by Gasteiger charge is -2.29. The van der Waals surface area contributed by atoms with E-state index in [9.17, 15) is 0 Å². The second-order valence-electron chi connectivity index (χ2n) is 3.68. The highest BCUT2D eigenvalue weighted by Gasteiger charge is 2.16. The van der Waals surface area contributed by atoms with Gasteiger partial charge in [-0.05, 0) is 38.0 Å². The van der Waals surface area contributed by atoms with E-state index in [0.717, 1.165) is 13.0 Å². The van der Waals surface area contributed by atoms with Crippen LogP contribution in [0.15, 0.2) is 35.7 Å². The predicted octanol–water partition coefficient (Wildman–Crippen LogP) is 3.33. The third kappa shape index (κ3) is 2.53. The Labute approximate surface area is 93.2 Å². The van der Waals surface area contributed by atoms with Gasteiger partial charge < -0.3 is 4.90 Å². The van der Waals surface area contributed by atoms with E-state index < -0.39 is 0 Å². The Bertz CT molecular complexity index is 339. The molecule has 1 unspecified atom stereocenters. The molecule has 1 atom stereocenters. The summed E-state index contributed by atoms with van der Waals surface area (Å²) in [5, 5.41) is 0. The molecule has 0 aromatic carbocycles. The molecule has 0 aromatic heterocycles. The lowest BCUT2D eigenvalue weighted by molar-refractivity contribution is 0.459. The molecule has 1 heteroatoms. The third-order valence-electron chi connectivity index (χ3n) is 2.89. The topological polar surface area (TPSA) is 3.24 Å². The van der Waals surface area contributed by atoms with Crippen molar-refractivity contribution in [1.29, 1.82) is 0 Å². The first-order valence-electron chi connectivity index (χ1n) is 5.53. The molecule has 0 spiro atoms. The smallest absolute Gasteiger partial charge is 0.0193 e.